The van der Waals surface area contributed by atoms with E-state index in [0.29, 0.717) is 16.8 Å². The maximum atomic E-state index is 13.7. The maximum Gasteiger partial charge on any atom is 0.310 e. The van der Waals surface area contributed by atoms with Crippen molar-refractivity contribution in [3.8, 4) is 0 Å². The lowest BCUT2D eigenvalue weighted by Crippen LogP contribution is -2.12. The fourth-order valence-electron chi connectivity index (χ4n) is 2.54. The van der Waals surface area contributed by atoms with E-state index in [4.69, 9.17) is 16.3 Å². The van der Waals surface area contributed by atoms with Crippen LogP contribution < -0.4 is 5.32 Å². The fourth-order valence-corrected chi connectivity index (χ4v) is 2.77. The lowest BCUT2D eigenvalue weighted by atomic mass is 10.1. The molecule has 142 valence electrons. The molecule has 1 amide bonds. The van der Waals surface area contributed by atoms with Crippen molar-refractivity contribution in [1.29, 1.82) is 0 Å². The Hall–Kier alpha value is -3.18. The largest absolute Gasteiger partial charge is 0.461 e. The summed E-state index contributed by atoms with van der Waals surface area (Å²) in [7, 11) is 0. The topological polar surface area (TPSA) is 55.4 Å². The van der Waals surface area contributed by atoms with Crippen molar-refractivity contribution in [2.75, 3.05) is 5.32 Å². The summed E-state index contributed by atoms with van der Waals surface area (Å²) in [4.78, 5) is 24.2. The zero-order valence-electron chi connectivity index (χ0n) is 14.8. The van der Waals surface area contributed by atoms with Crippen LogP contribution in [0.5, 0.6) is 0 Å². The van der Waals surface area contributed by atoms with E-state index in [9.17, 15) is 14.0 Å². The molecule has 28 heavy (non-hydrogen) atoms. The number of esters is 1. The predicted molar refractivity (Wildman–Crippen MR) is 106 cm³/mol. The molecule has 0 bridgehead atoms. The number of carbonyl (C=O) groups excluding carboxylic acids is 2. The highest BCUT2D eigenvalue weighted by molar-refractivity contribution is 6.31. The number of hydrogen-bond acceptors (Lipinski definition) is 3. The highest BCUT2D eigenvalue weighted by Gasteiger charge is 2.13. The summed E-state index contributed by atoms with van der Waals surface area (Å²) in [5.74, 6) is -1.36. The second-order valence-electron chi connectivity index (χ2n) is 6.05. The molecular formula is C22H17ClFNO3. The number of ether oxygens (including phenoxy) is 1. The van der Waals surface area contributed by atoms with Gasteiger partial charge < -0.3 is 10.1 Å². The zero-order chi connectivity index (χ0) is 19.9. The molecule has 0 saturated heterocycles. The molecule has 0 atom stereocenters. The Morgan fingerprint density at radius 2 is 1.64 bits per heavy atom. The minimum absolute atomic E-state index is 0.0193. The van der Waals surface area contributed by atoms with Crippen molar-refractivity contribution >= 4 is 29.2 Å². The summed E-state index contributed by atoms with van der Waals surface area (Å²) >= 11 is 5.91. The second-order valence-corrected chi connectivity index (χ2v) is 6.46. The zero-order valence-corrected chi connectivity index (χ0v) is 15.6. The Labute approximate surface area is 166 Å². The summed E-state index contributed by atoms with van der Waals surface area (Å²) < 4.78 is 18.9. The fraction of sp³-hybridized carbons (Fsp3) is 0.0909. The molecule has 0 saturated carbocycles. The number of halogens is 2. The van der Waals surface area contributed by atoms with Gasteiger partial charge in [0, 0.05) is 21.8 Å². The molecule has 0 aliphatic heterocycles. The van der Waals surface area contributed by atoms with Crippen LogP contribution in [0, 0.1) is 5.82 Å². The van der Waals surface area contributed by atoms with Gasteiger partial charge in [-0.25, -0.2) is 4.39 Å². The van der Waals surface area contributed by atoms with Gasteiger partial charge >= 0.3 is 5.97 Å². The average Bonchev–Trinajstić information content (AvgIpc) is 2.70. The van der Waals surface area contributed by atoms with Gasteiger partial charge in [-0.15, -0.1) is 0 Å². The molecule has 0 heterocycles. The quantitative estimate of drug-likeness (QED) is 0.594. The van der Waals surface area contributed by atoms with E-state index in [2.05, 4.69) is 5.32 Å². The van der Waals surface area contributed by atoms with E-state index in [0.717, 1.165) is 0 Å². The van der Waals surface area contributed by atoms with Gasteiger partial charge in [0.2, 0.25) is 0 Å². The minimum Gasteiger partial charge on any atom is -0.461 e. The van der Waals surface area contributed by atoms with Crippen molar-refractivity contribution in [2.24, 2.45) is 0 Å². The van der Waals surface area contributed by atoms with Crippen LogP contribution in [0.4, 0.5) is 10.1 Å². The minimum atomic E-state index is -0.585. The molecule has 3 aromatic rings. The summed E-state index contributed by atoms with van der Waals surface area (Å²) in [5.41, 5.74) is 2.01. The van der Waals surface area contributed by atoms with E-state index in [-0.39, 0.29) is 29.5 Å². The molecule has 1 N–H and O–H groups in total. The van der Waals surface area contributed by atoms with Crippen molar-refractivity contribution in [2.45, 2.75) is 13.0 Å². The number of para-hydroxylation sites is 1. The lowest BCUT2D eigenvalue weighted by molar-refractivity contribution is -0.144. The molecule has 0 fully saturated rings. The number of rotatable bonds is 6. The Bertz CT molecular complexity index is 955. The summed E-state index contributed by atoms with van der Waals surface area (Å²) in [6.45, 7) is 0.0193. The molecule has 0 radical (unpaired) electrons. The smallest absolute Gasteiger partial charge is 0.310 e. The first kappa shape index (κ1) is 19.6. The number of anilines is 1. The Balaban J connectivity index is 1.54. The highest BCUT2D eigenvalue weighted by Crippen LogP contribution is 2.20. The normalized spacial score (nSPS) is 10.4. The van der Waals surface area contributed by atoms with Crippen LogP contribution in [0.2, 0.25) is 5.02 Å². The number of nitrogens with one attached hydrogen (secondary N) is 1. The van der Waals surface area contributed by atoms with Crippen molar-refractivity contribution in [3.63, 3.8) is 0 Å². The third kappa shape index (κ3) is 5.18. The van der Waals surface area contributed by atoms with E-state index in [1.807, 2.05) is 18.2 Å². The molecule has 3 rings (SSSR count). The van der Waals surface area contributed by atoms with Gasteiger partial charge in [-0.2, -0.15) is 0 Å². The van der Waals surface area contributed by atoms with E-state index < -0.39 is 11.8 Å². The van der Waals surface area contributed by atoms with Gasteiger partial charge in [-0.3, -0.25) is 9.59 Å². The van der Waals surface area contributed by atoms with Crippen LogP contribution in [0.3, 0.4) is 0 Å². The van der Waals surface area contributed by atoms with Gasteiger partial charge in [0.25, 0.3) is 5.91 Å². The lowest BCUT2D eigenvalue weighted by Gasteiger charge is -2.08. The number of carbonyl (C=O) groups is 2. The van der Waals surface area contributed by atoms with E-state index in [1.54, 1.807) is 36.4 Å². The molecule has 0 aliphatic carbocycles. The van der Waals surface area contributed by atoms with Gasteiger partial charge in [-0.05, 0) is 42.0 Å². The van der Waals surface area contributed by atoms with Crippen molar-refractivity contribution < 1.29 is 18.7 Å². The Morgan fingerprint density at radius 1 is 0.929 bits per heavy atom. The van der Waals surface area contributed by atoms with Gasteiger partial charge in [0.15, 0.2) is 0 Å². The van der Waals surface area contributed by atoms with Crippen LogP contribution in [0.15, 0.2) is 72.8 Å². The van der Waals surface area contributed by atoms with E-state index in [1.165, 1.54) is 18.2 Å². The van der Waals surface area contributed by atoms with Gasteiger partial charge in [-0.1, -0.05) is 48.0 Å². The van der Waals surface area contributed by atoms with Gasteiger partial charge in [0.1, 0.15) is 12.4 Å². The third-order valence-electron chi connectivity index (χ3n) is 4.03. The van der Waals surface area contributed by atoms with Crippen molar-refractivity contribution in [3.05, 3.63) is 100 Å². The Morgan fingerprint density at radius 3 is 2.32 bits per heavy atom. The molecule has 4 nitrogen and oxygen atoms in total. The van der Waals surface area contributed by atoms with Crippen molar-refractivity contribution in [1.82, 2.24) is 0 Å². The Kier molecular flexibility index (Phi) is 6.40. The number of amides is 1. The van der Waals surface area contributed by atoms with Crippen LogP contribution in [0.1, 0.15) is 21.5 Å². The molecule has 0 aliphatic rings. The van der Waals surface area contributed by atoms with E-state index >= 15 is 0 Å². The first-order valence-electron chi connectivity index (χ1n) is 8.57. The number of hydrogen-bond donors (Lipinski definition) is 1. The summed E-state index contributed by atoms with van der Waals surface area (Å²) in [6.07, 6.45) is -0.247. The molecule has 0 unspecified atom stereocenters. The first-order chi connectivity index (χ1) is 13.5. The highest BCUT2D eigenvalue weighted by atomic mass is 35.5. The molecule has 6 heteroatoms. The summed E-state index contributed by atoms with van der Waals surface area (Å²) in [6, 6.07) is 20.1. The third-order valence-corrected chi connectivity index (χ3v) is 4.38. The monoisotopic (exact) mass is 397 g/mol. The standard InChI is InChI=1S/C22H17ClFNO3/c23-19-7-4-8-20(24)18(19)13-21(26)28-14-15-9-11-16(12-10-15)22(27)25-17-5-2-1-3-6-17/h1-12H,13-14H2,(H,25,27). The van der Waals surface area contributed by atoms with Crippen LogP contribution in [0.25, 0.3) is 0 Å². The summed E-state index contributed by atoms with van der Waals surface area (Å²) in [5, 5.41) is 2.98. The molecule has 3 aromatic carbocycles. The SMILES string of the molecule is O=C(Cc1c(F)cccc1Cl)OCc1ccc(C(=O)Nc2ccccc2)cc1. The maximum absolute atomic E-state index is 13.7. The molecular weight excluding hydrogens is 381 g/mol. The van der Waals surface area contributed by atoms with Gasteiger partial charge in [0.05, 0.1) is 6.42 Å². The van der Waals surface area contributed by atoms with Crippen LogP contribution >= 0.6 is 11.6 Å². The van der Waals surface area contributed by atoms with Crippen LogP contribution in [-0.4, -0.2) is 11.9 Å². The predicted octanol–water partition coefficient (Wildman–Crippen LogP) is 5.02. The molecule has 0 spiro atoms. The first-order valence-corrected chi connectivity index (χ1v) is 8.94. The number of benzene rings is 3. The average molecular weight is 398 g/mol. The van der Waals surface area contributed by atoms with Crippen LogP contribution in [-0.2, 0) is 22.6 Å². The molecule has 0 aromatic heterocycles. The second kappa shape index (κ2) is 9.15.